The highest BCUT2D eigenvalue weighted by molar-refractivity contribution is 5.51. The van der Waals surface area contributed by atoms with Gasteiger partial charge in [0, 0.05) is 5.41 Å². The molecule has 0 heterocycles. The van der Waals surface area contributed by atoms with Crippen LogP contribution in [0, 0.1) is 17.8 Å². The van der Waals surface area contributed by atoms with Gasteiger partial charge in [0.15, 0.2) is 0 Å². The first-order valence-electron chi connectivity index (χ1n) is 5.51. The van der Waals surface area contributed by atoms with Crippen LogP contribution >= 0.6 is 0 Å². The van der Waals surface area contributed by atoms with E-state index in [0.29, 0.717) is 0 Å². The maximum absolute atomic E-state index is 2.35. The molecule has 0 N–H and O–H groups in total. The van der Waals surface area contributed by atoms with Crippen LogP contribution in [-0.4, -0.2) is 0 Å². The van der Waals surface area contributed by atoms with E-state index in [1.165, 1.54) is 19.3 Å². The third kappa shape index (κ3) is 0.561. The second-order valence-corrected chi connectivity index (χ2v) is 4.97. The van der Waals surface area contributed by atoms with Crippen molar-refractivity contribution in [3.8, 4) is 0 Å². The Kier molecular flexibility index (Phi) is 0.941. The van der Waals surface area contributed by atoms with Gasteiger partial charge in [0.25, 0.3) is 0 Å². The molecule has 3 fully saturated rings. The molecular formula is C13H14. The second-order valence-electron chi connectivity index (χ2n) is 4.97. The Hall–Kier alpha value is -0.780. The van der Waals surface area contributed by atoms with Crippen molar-refractivity contribution in [3.05, 3.63) is 35.9 Å². The summed E-state index contributed by atoms with van der Waals surface area (Å²) in [6.45, 7) is 0. The minimum atomic E-state index is 0.722. The fourth-order valence-electron chi connectivity index (χ4n) is 4.20. The molecule has 0 aromatic heterocycles. The third-order valence-corrected chi connectivity index (χ3v) is 4.73. The first-order chi connectivity index (χ1) is 6.45. The van der Waals surface area contributed by atoms with Gasteiger partial charge in [-0.15, -0.1) is 0 Å². The summed E-state index contributed by atoms with van der Waals surface area (Å²) in [7, 11) is 0. The quantitative estimate of drug-likeness (QED) is 0.608. The lowest BCUT2D eigenvalue weighted by Gasteiger charge is -2.25. The maximum atomic E-state index is 2.35. The molecule has 0 aliphatic heterocycles. The topological polar surface area (TPSA) is 0 Å². The molecule has 2 unspecified atom stereocenters. The van der Waals surface area contributed by atoms with Crippen LogP contribution in [0.15, 0.2) is 30.3 Å². The van der Waals surface area contributed by atoms with Crippen LogP contribution < -0.4 is 0 Å². The highest BCUT2D eigenvalue weighted by atomic mass is 14.9. The Morgan fingerprint density at radius 3 is 2.31 bits per heavy atom. The Morgan fingerprint density at radius 1 is 1.00 bits per heavy atom. The number of hydrogen-bond acceptors (Lipinski definition) is 0. The molecule has 0 bridgehead atoms. The van der Waals surface area contributed by atoms with E-state index >= 15 is 0 Å². The number of rotatable bonds is 1. The van der Waals surface area contributed by atoms with Crippen molar-refractivity contribution in [2.45, 2.75) is 24.7 Å². The molecule has 0 spiro atoms. The molecule has 0 amide bonds. The van der Waals surface area contributed by atoms with E-state index in [-0.39, 0.29) is 0 Å². The van der Waals surface area contributed by atoms with Crippen molar-refractivity contribution in [2.75, 3.05) is 0 Å². The smallest absolute Gasteiger partial charge is 0.00497 e. The van der Waals surface area contributed by atoms with Gasteiger partial charge in [0.05, 0.1) is 0 Å². The fraction of sp³-hybridized carbons (Fsp3) is 0.538. The SMILES string of the molecule is c1ccc(C23C4CCCC2C43)cc1. The molecule has 0 saturated heterocycles. The highest BCUT2D eigenvalue weighted by Crippen LogP contribution is 2.88. The van der Waals surface area contributed by atoms with Gasteiger partial charge in [0.1, 0.15) is 0 Å². The normalized spacial score (nSPS) is 49.7. The van der Waals surface area contributed by atoms with Gasteiger partial charge < -0.3 is 0 Å². The molecule has 0 radical (unpaired) electrons. The van der Waals surface area contributed by atoms with Crippen molar-refractivity contribution in [1.82, 2.24) is 0 Å². The summed E-state index contributed by atoms with van der Waals surface area (Å²) in [6.07, 6.45) is 4.52. The van der Waals surface area contributed by atoms with Gasteiger partial charge in [-0.05, 0) is 36.2 Å². The Labute approximate surface area is 79.0 Å². The van der Waals surface area contributed by atoms with E-state index in [0.717, 1.165) is 23.2 Å². The van der Waals surface area contributed by atoms with E-state index in [2.05, 4.69) is 30.3 Å². The van der Waals surface area contributed by atoms with Gasteiger partial charge in [-0.1, -0.05) is 36.8 Å². The molecule has 1 aromatic rings. The summed E-state index contributed by atoms with van der Waals surface area (Å²) in [6, 6.07) is 11.2. The molecule has 4 rings (SSSR count). The van der Waals surface area contributed by atoms with Gasteiger partial charge in [-0.3, -0.25) is 0 Å². The van der Waals surface area contributed by atoms with Crippen LogP contribution in [0.2, 0.25) is 0 Å². The van der Waals surface area contributed by atoms with Crippen LogP contribution in [0.1, 0.15) is 24.8 Å². The molecule has 3 aliphatic rings. The summed E-state index contributed by atoms with van der Waals surface area (Å²) in [4.78, 5) is 0. The minimum absolute atomic E-state index is 0.722. The van der Waals surface area contributed by atoms with Gasteiger partial charge in [-0.25, -0.2) is 0 Å². The number of fused-ring (bicyclic) bond motifs is 2. The lowest BCUT2D eigenvalue weighted by molar-refractivity contribution is 0.315. The standard InChI is InChI=1S/C13H14/c1-2-5-9(6-3-1)13-10-7-4-8-11(13)12(10)13/h1-3,5-6,10-12H,4,7-8H2. The Morgan fingerprint density at radius 2 is 1.69 bits per heavy atom. The third-order valence-electron chi connectivity index (χ3n) is 4.73. The van der Waals surface area contributed by atoms with Gasteiger partial charge in [-0.2, -0.15) is 0 Å². The van der Waals surface area contributed by atoms with Crippen molar-refractivity contribution >= 4 is 0 Å². The minimum Gasteiger partial charge on any atom is -0.0622 e. The number of hydrogen-bond donors (Lipinski definition) is 0. The average Bonchev–Trinajstić information content (AvgIpc) is 3.09. The summed E-state index contributed by atoms with van der Waals surface area (Å²) in [5.74, 6) is 3.30. The zero-order valence-corrected chi connectivity index (χ0v) is 7.74. The lowest BCUT2D eigenvalue weighted by atomic mass is 9.80. The maximum Gasteiger partial charge on any atom is 0.00497 e. The molecule has 1 aromatic carbocycles. The molecule has 3 aliphatic carbocycles. The van der Waals surface area contributed by atoms with E-state index in [9.17, 15) is 0 Å². The highest BCUT2D eigenvalue weighted by Gasteiger charge is 2.86. The van der Waals surface area contributed by atoms with E-state index in [1.807, 2.05) is 0 Å². The summed E-state index contributed by atoms with van der Waals surface area (Å²) >= 11 is 0. The van der Waals surface area contributed by atoms with E-state index < -0.39 is 0 Å². The Bertz CT molecular complexity index is 330. The average molecular weight is 170 g/mol. The monoisotopic (exact) mass is 170 g/mol. The lowest BCUT2D eigenvalue weighted by Crippen LogP contribution is -2.18. The fourth-order valence-corrected chi connectivity index (χ4v) is 4.20. The largest absolute Gasteiger partial charge is 0.0622 e. The van der Waals surface area contributed by atoms with Crippen molar-refractivity contribution in [2.24, 2.45) is 17.8 Å². The molecule has 66 valence electrons. The molecular weight excluding hydrogens is 156 g/mol. The molecule has 3 saturated carbocycles. The first kappa shape index (κ1) is 6.64. The van der Waals surface area contributed by atoms with Gasteiger partial charge in [0.2, 0.25) is 0 Å². The second kappa shape index (κ2) is 1.84. The van der Waals surface area contributed by atoms with E-state index in [4.69, 9.17) is 0 Å². The summed E-state index contributed by atoms with van der Waals surface area (Å²) < 4.78 is 0. The van der Waals surface area contributed by atoms with Crippen LogP contribution in [0.3, 0.4) is 0 Å². The van der Waals surface area contributed by atoms with Crippen LogP contribution in [0.5, 0.6) is 0 Å². The van der Waals surface area contributed by atoms with Gasteiger partial charge >= 0.3 is 0 Å². The van der Waals surface area contributed by atoms with Crippen LogP contribution in [0.25, 0.3) is 0 Å². The van der Waals surface area contributed by atoms with Crippen molar-refractivity contribution in [3.63, 3.8) is 0 Å². The van der Waals surface area contributed by atoms with Crippen LogP contribution in [-0.2, 0) is 5.41 Å². The molecule has 2 atom stereocenters. The summed E-state index contributed by atoms with van der Waals surface area (Å²) in [5, 5.41) is 0. The predicted molar refractivity (Wildman–Crippen MR) is 52.4 cm³/mol. The predicted octanol–water partition coefficient (Wildman–Crippen LogP) is 2.98. The van der Waals surface area contributed by atoms with Crippen molar-refractivity contribution in [1.29, 1.82) is 0 Å². The van der Waals surface area contributed by atoms with Crippen molar-refractivity contribution < 1.29 is 0 Å². The Balaban J connectivity index is 1.78. The molecule has 0 nitrogen and oxygen atoms in total. The molecule has 13 heavy (non-hydrogen) atoms. The summed E-state index contributed by atoms with van der Waals surface area (Å²) in [5.41, 5.74) is 2.37. The zero-order valence-electron chi connectivity index (χ0n) is 7.74. The molecule has 0 heteroatoms. The first-order valence-corrected chi connectivity index (χ1v) is 5.51. The van der Waals surface area contributed by atoms with Crippen LogP contribution in [0.4, 0.5) is 0 Å². The number of benzene rings is 1. The zero-order chi connectivity index (χ0) is 8.47. The van der Waals surface area contributed by atoms with E-state index in [1.54, 1.807) is 5.56 Å².